The molecule has 1 fully saturated rings. The molecule has 0 unspecified atom stereocenters. The van der Waals surface area contributed by atoms with Crippen molar-refractivity contribution >= 4 is 11.9 Å². The van der Waals surface area contributed by atoms with Crippen molar-refractivity contribution < 1.29 is 27.9 Å². The summed E-state index contributed by atoms with van der Waals surface area (Å²) in [5.41, 5.74) is -0.516. The smallest absolute Gasteiger partial charge is 0.406 e. The standard InChI is InChI=1S/C13H21F3N2O3/c1-17-12(5-3-2-4-6-12)7-10(19)18(8-11(20)21)9-13(14,15)16/h17H,2-9H2,1H3,(H,20,21). The van der Waals surface area contributed by atoms with E-state index in [4.69, 9.17) is 5.11 Å². The van der Waals surface area contributed by atoms with Crippen molar-refractivity contribution in [1.29, 1.82) is 0 Å². The fraction of sp³-hybridized carbons (Fsp3) is 0.846. The lowest BCUT2D eigenvalue weighted by molar-refractivity contribution is -0.166. The van der Waals surface area contributed by atoms with Gasteiger partial charge in [-0.15, -0.1) is 0 Å². The van der Waals surface area contributed by atoms with Gasteiger partial charge in [0.2, 0.25) is 5.91 Å². The molecule has 0 spiro atoms. The molecule has 2 N–H and O–H groups in total. The summed E-state index contributed by atoms with van der Waals surface area (Å²) in [5, 5.41) is 11.7. The van der Waals surface area contributed by atoms with E-state index in [1.54, 1.807) is 7.05 Å². The summed E-state index contributed by atoms with van der Waals surface area (Å²) in [6, 6.07) is 0. The molecule has 0 aromatic heterocycles. The summed E-state index contributed by atoms with van der Waals surface area (Å²) in [4.78, 5) is 23.1. The van der Waals surface area contributed by atoms with E-state index in [9.17, 15) is 22.8 Å². The minimum absolute atomic E-state index is 0.104. The second-order valence-electron chi connectivity index (χ2n) is 5.53. The van der Waals surface area contributed by atoms with E-state index in [1.165, 1.54) is 0 Å². The summed E-state index contributed by atoms with van der Waals surface area (Å²) >= 11 is 0. The van der Waals surface area contributed by atoms with E-state index in [0.717, 1.165) is 19.3 Å². The Morgan fingerprint density at radius 1 is 1.24 bits per heavy atom. The molecule has 8 heteroatoms. The fourth-order valence-corrected chi connectivity index (χ4v) is 2.76. The molecule has 21 heavy (non-hydrogen) atoms. The van der Waals surface area contributed by atoms with Gasteiger partial charge in [0, 0.05) is 12.0 Å². The lowest BCUT2D eigenvalue weighted by Gasteiger charge is -2.38. The zero-order valence-corrected chi connectivity index (χ0v) is 12.0. The highest BCUT2D eigenvalue weighted by Crippen LogP contribution is 2.31. The molecule has 1 rings (SSSR count). The van der Waals surface area contributed by atoms with Crippen molar-refractivity contribution in [3.05, 3.63) is 0 Å². The number of carboxylic acid groups (broad SMARTS) is 1. The van der Waals surface area contributed by atoms with Gasteiger partial charge in [0.1, 0.15) is 13.1 Å². The molecule has 0 bridgehead atoms. The van der Waals surface area contributed by atoms with Gasteiger partial charge in [0.05, 0.1) is 0 Å². The molecule has 0 radical (unpaired) electrons. The van der Waals surface area contributed by atoms with Crippen LogP contribution >= 0.6 is 0 Å². The van der Waals surface area contributed by atoms with Crippen LogP contribution in [0.2, 0.25) is 0 Å². The summed E-state index contributed by atoms with van der Waals surface area (Å²) in [5.74, 6) is -2.22. The van der Waals surface area contributed by atoms with Crippen LogP contribution < -0.4 is 5.32 Å². The normalized spacial score (nSPS) is 18.3. The lowest BCUT2D eigenvalue weighted by atomic mass is 9.79. The lowest BCUT2D eigenvalue weighted by Crippen LogP contribution is -2.51. The first-order chi connectivity index (χ1) is 9.67. The fourth-order valence-electron chi connectivity index (χ4n) is 2.76. The number of nitrogens with zero attached hydrogens (tertiary/aromatic N) is 1. The molecular weight excluding hydrogens is 289 g/mol. The quantitative estimate of drug-likeness (QED) is 0.784. The molecule has 1 amide bonds. The maximum atomic E-state index is 12.5. The molecule has 1 aliphatic rings. The van der Waals surface area contributed by atoms with E-state index in [1.807, 2.05) is 0 Å². The summed E-state index contributed by atoms with van der Waals surface area (Å²) < 4.78 is 37.4. The maximum Gasteiger partial charge on any atom is 0.406 e. The Kier molecular flexibility index (Phi) is 6.00. The monoisotopic (exact) mass is 310 g/mol. The second-order valence-corrected chi connectivity index (χ2v) is 5.53. The van der Waals surface area contributed by atoms with Crippen LogP contribution in [-0.4, -0.2) is 53.7 Å². The Labute approximate surface area is 121 Å². The Morgan fingerprint density at radius 2 is 1.81 bits per heavy atom. The highest BCUT2D eigenvalue weighted by atomic mass is 19.4. The first-order valence-corrected chi connectivity index (χ1v) is 6.93. The van der Waals surface area contributed by atoms with Gasteiger partial charge < -0.3 is 15.3 Å². The molecule has 122 valence electrons. The first kappa shape index (κ1) is 17.7. The number of nitrogens with one attached hydrogen (secondary N) is 1. The predicted molar refractivity (Wildman–Crippen MR) is 69.8 cm³/mol. The van der Waals surface area contributed by atoms with Gasteiger partial charge >= 0.3 is 12.1 Å². The van der Waals surface area contributed by atoms with Crippen molar-refractivity contribution in [2.75, 3.05) is 20.1 Å². The Hall–Kier alpha value is -1.31. The van der Waals surface area contributed by atoms with Crippen molar-refractivity contribution in [3.63, 3.8) is 0 Å². The minimum atomic E-state index is -4.61. The van der Waals surface area contributed by atoms with Crippen LogP contribution in [0, 0.1) is 0 Å². The van der Waals surface area contributed by atoms with E-state index < -0.39 is 36.7 Å². The number of hydrogen-bond acceptors (Lipinski definition) is 3. The molecule has 0 aromatic carbocycles. The van der Waals surface area contributed by atoms with Gasteiger partial charge in [-0.3, -0.25) is 9.59 Å². The Morgan fingerprint density at radius 3 is 2.24 bits per heavy atom. The SMILES string of the molecule is CNC1(CC(=O)N(CC(=O)O)CC(F)(F)F)CCCCC1. The van der Waals surface area contributed by atoms with Gasteiger partial charge in [0.15, 0.2) is 0 Å². The van der Waals surface area contributed by atoms with Gasteiger partial charge in [-0.25, -0.2) is 0 Å². The summed E-state index contributed by atoms with van der Waals surface area (Å²) in [6.07, 6.45) is -0.431. The largest absolute Gasteiger partial charge is 0.480 e. The number of carboxylic acids is 1. The van der Waals surface area contributed by atoms with Crippen molar-refractivity contribution in [2.45, 2.75) is 50.2 Å². The molecule has 0 heterocycles. The Bertz CT molecular complexity index is 379. The van der Waals surface area contributed by atoms with Crippen molar-refractivity contribution in [2.24, 2.45) is 0 Å². The van der Waals surface area contributed by atoms with Gasteiger partial charge in [-0.1, -0.05) is 19.3 Å². The van der Waals surface area contributed by atoms with E-state index in [2.05, 4.69) is 5.32 Å². The first-order valence-electron chi connectivity index (χ1n) is 6.93. The molecule has 0 aliphatic heterocycles. The van der Waals surface area contributed by atoms with E-state index in [0.29, 0.717) is 17.7 Å². The van der Waals surface area contributed by atoms with Gasteiger partial charge in [-0.2, -0.15) is 13.2 Å². The van der Waals surface area contributed by atoms with Gasteiger partial charge in [-0.05, 0) is 19.9 Å². The third-order valence-corrected chi connectivity index (χ3v) is 3.88. The zero-order valence-electron chi connectivity index (χ0n) is 12.0. The number of carbonyl (C=O) groups is 2. The average molecular weight is 310 g/mol. The number of carbonyl (C=O) groups excluding carboxylic acids is 1. The molecular formula is C13H21F3N2O3. The average Bonchev–Trinajstić information content (AvgIpc) is 2.37. The maximum absolute atomic E-state index is 12.5. The number of alkyl halides is 3. The number of amides is 1. The molecule has 5 nitrogen and oxygen atoms in total. The Balaban J connectivity index is 2.76. The van der Waals surface area contributed by atoms with Crippen LogP contribution in [0.5, 0.6) is 0 Å². The number of halogens is 3. The predicted octanol–water partition coefficient (Wildman–Crippen LogP) is 1.77. The molecule has 0 aromatic rings. The van der Waals surface area contributed by atoms with Crippen LogP contribution in [-0.2, 0) is 9.59 Å². The van der Waals surface area contributed by atoms with E-state index >= 15 is 0 Å². The number of hydrogen-bond donors (Lipinski definition) is 2. The molecule has 1 saturated carbocycles. The third-order valence-electron chi connectivity index (χ3n) is 3.88. The highest BCUT2D eigenvalue weighted by molar-refractivity contribution is 5.82. The van der Waals surface area contributed by atoms with Crippen molar-refractivity contribution in [1.82, 2.24) is 10.2 Å². The zero-order chi connectivity index (χ0) is 16.1. The minimum Gasteiger partial charge on any atom is -0.480 e. The summed E-state index contributed by atoms with van der Waals surface area (Å²) in [7, 11) is 1.68. The molecule has 1 aliphatic carbocycles. The van der Waals surface area contributed by atoms with Crippen LogP contribution in [0.25, 0.3) is 0 Å². The van der Waals surface area contributed by atoms with Crippen LogP contribution in [0.4, 0.5) is 13.2 Å². The van der Waals surface area contributed by atoms with Crippen molar-refractivity contribution in [3.8, 4) is 0 Å². The van der Waals surface area contributed by atoms with Gasteiger partial charge in [0.25, 0.3) is 0 Å². The second kappa shape index (κ2) is 7.11. The van der Waals surface area contributed by atoms with E-state index in [-0.39, 0.29) is 6.42 Å². The van der Waals surface area contributed by atoms with Crippen LogP contribution in [0.15, 0.2) is 0 Å². The topological polar surface area (TPSA) is 69.6 Å². The summed E-state index contributed by atoms with van der Waals surface area (Å²) in [6.45, 7) is -2.46. The van der Waals surface area contributed by atoms with Crippen LogP contribution in [0.3, 0.4) is 0 Å². The highest BCUT2D eigenvalue weighted by Gasteiger charge is 2.38. The number of aliphatic carboxylic acids is 1. The molecule has 0 saturated heterocycles. The molecule has 0 atom stereocenters. The van der Waals surface area contributed by atoms with Crippen LogP contribution in [0.1, 0.15) is 38.5 Å². The number of rotatable bonds is 6. The third kappa shape index (κ3) is 5.91.